The van der Waals surface area contributed by atoms with E-state index in [0.717, 1.165) is 49.1 Å². The lowest BCUT2D eigenvalue weighted by molar-refractivity contribution is 0.261. The van der Waals surface area contributed by atoms with Crippen LogP contribution in [-0.2, 0) is 0 Å². The highest BCUT2D eigenvalue weighted by Crippen LogP contribution is 2.32. The van der Waals surface area contributed by atoms with Crippen LogP contribution in [0.3, 0.4) is 0 Å². The summed E-state index contributed by atoms with van der Waals surface area (Å²) in [6.45, 7) is 9.74. The van der Waals surface area contributed by atoms with Crippen LogP contribution in [0.1, 0.15) is 40.0 Å². The van der Waals surface area contributed by atoms with Gasteiger partial charge in [-0.1, -0.05) is 42.4 Å². The molecule has 1 aromatic carbocycles. The smallest absolute Gasteiger partial charge is 0.286 e. The van der Waals surface area contributed by atoms with E-state index in [1.807, 2.05) is 29.2 Å². The maximum Gasteiger partial charge on any atom is 0.286 e. The second kappa shape index (κ2) is 12.9. The summed E-state index contributed by atoms with van der Waals surface area (Å²) in [6, 6.07) is 7.49. The summed E-state index contributed by atoms with van der Waals surface area (Å²) in [5.41, 5.74) is 1.61. The molecule has 0 radical (unpaired) electrons. The van der Waals surface area contributed by atoms with Crippen molar-refractivity contribution in [3.05, 3.63) is 40.4 Å². The number of amides is 1. The third kappa shape index (κ3) is 6.93. The first-order valence-corrected chi connectivity index (χ1v) is 11.9. The van der Waals surface area contributed by atoms with Crippen LogP contribution < -0.4 is 4.90 Å². The molecular weight excluding hydrogens is 420 g/mol. The number of fused-ring (bicyclic) bond motifs is 1. The number of rotatable bonds is 12. The molecule has 8 heteroatoms. The average molecular weight is 451 g/mol. The van der Waals surface area contributed by atoms with Crippen molar-refractivity contribution >= 4 is 45.2 Å². The van der Waals surface area contributed by atoms with Crippen LogP contribution in [0.2, 0.25) is 5.02 Å². The first kappa shape index (κ1) is 24.6. The van der Waals surface area contributed by atoms with Crippen molar-refractivity contribution in [2.45, 2.75) is 46.1 Å². The topological polar surface area (TPSA) is 65.9 Å². The molecule has 0 aliphatic carbocycles. The Morgan fingerprint density at radius 2 is 2.00 bits per heavy atom. The molecule has 0 saturated carbocycles. The van der Waals surface area contributed by atoms with Crippen molar-refractivity contribution < 1.29 is 4.79 Å². The van der Waals surface area contributed by atoms with Crippen molar-refractivity contribution in [1.29, 1.82) is 0 Å². The summed E-state index contributed by atoms with van der Waals surface area (Å²) in [4.78, 5) is 32.2. The Morgan fingerprint density at radius 3 is 2.70 bits per heavy atom. The molecule has 164 valence electrons. The van der Waals surface area contributed by atoms with E-state index in [2.05, 4.69) is 35.8 Å². The number of thioether (sulfide) groups is 1. The van der Waals surface area contributed by atoms with Crippen LogP contribution in [0.25, 0.3) is 10.9 Å². The zero-order chi connectivity index (χ0) is 21.9. The van der Waals surface area contributed by atoms with E-state index in [0.29, 0.717) is 17.2 Å². The molecule has 1 aromatic heterocycles. The number of carbonyl (C=O) groups excluding carboxylic acids is 1. The van der Waals surface area contributed by atoms with Crippen molar-refractivity contribution in [1.82, 2.24) is 9.88 Å². The van der Waals surface area contributed by atoms with Crippen LogP contribution in [0.15, 0.2) is 35.6 Å². The molecule has 1 amide bonds. The van der Waals surface area contributed by atoms with E-state index >= 15 is 0 Å². The van der Waals surface area contributed by atoms with E-state index in [4.69, 9.17) is 11.6 Å². The Kier molecular flexibility index (Phi) is 10.5. The van der Waals surface area contributed by atoms with Gasteiger partial charge in [-0.05, 0) is 70.1 Å². The number of aromatic nitrogens is 1. The molecule has 0 bridgehead atoms. The molecule has 30 heavy (non-hydrogen) atoms. The molecular formula is C22H31ClN4O2S. The number of hydrogen-bond acceptors (Lipinski definition) is 6. The minimum absolute atomic E-state index is 0.0151. The van der Waals surface area contributed by atoms with Gasteiger partial charge in [0.15, 0.2) is 0 Å². The molecule has 2 rings (SSSR count). The highest BCUT2D eigenvalue weighted by atomic mass is 35.5. The van der Waals surface area contributed by atoms with Gasteiger partial charge in [0.2, 0.25) is 0 Å². The molecule has 0 aliphatic rings. The van der Waals surface area contributed by atoms with Gasteiger partial charge in [0, 0.05) is 28.4 Å². The van der Waals surface area contributed by atoms with Crippen molar-refractivity contribution in [3.8, 4) is 0 Å². The first-order chi connectivity index (χ1) is 14.5. The Labute approximate surface area is 188 Å². The minimum Gasteiger partial charge on any atom is -0.304 e. The Balaban J connectivity index is 2.25. The van der Waals surface area contributed by atoms with E-state index in [1.54, 1.807) is 6.20 Å². The molecule has 1 atom stereocenters. The fourth-order valence-corrected chi connectivity index (χ4v) is 4.50. The Morgan fingerprint density at radius 1 is 1.23 bits per heavy atom. The number of nitrogens with zero attached hydrogens (tertiary/aromatic N) is 4. The molecule has 0 aliphatic heterocycles. The molecule has 0 fully saturated rings. The van der Waals surface area contributed by atoms with E-state index in [1.165, 1.54) is 11.8 Å². The third-order valence-electron chi connectivity index (χ3n) is 5.19. The van der Waals surface area contributed by atoms with Gasteiger partial charge in [-0.3, -0.25) is 14.7 Å². The van der Waals surface area contributed by atoms with Crippen LogP contribution in [0.5, 0.6) is 0 Å². The Bertz CT molecular complexity index is 832. The molecule has 1 unspecified atom stereocenters. The van der Waals surface area contributed by atoms with E-state index < -0.39 is 0 Å². The molecule has 2 aromatic rings. The maximum absolute atomic E-state index is 13.2. The van der Waals surface area contributed by atoms with Crippen LogP contribution >= 0.6 is 23.4 Å². The largest absolute Gasteiger partial charge is 0.304 e. The number of nitroso groups, excluding NO2 is 1. The highest BCUT2D eigenvalue weighted by Gasteiger charge is 2.24. The number of benzene rings is 1. The predicted octanol–water partition coefficient (Wildman–Crippen LogP) is 6.21. The van der Waals surface area contributed by atoms with E-state index in [9.17, 15) is 9.70 Å². The minimum atomic E-state index is -0.0151. The maximum atomic E-state index is 13.2. The standard InChI is InChI=1S/C22H31ClN4O2S/c1-4-26(5-2)14-6-8-17(3)27(22(28)30-15-7-12-25-29)21-11-13-24-20-16-18(23)9-10-19(20)21/h9-11,13,16-17H,4-8,12,14-15H2,1-3H3. The quantitative estimate of drug-likeness (QED) is 0.284. The van der Waals surface area contributed by atoms with E-state index in [-0.39, 0.29) is 17.8 Å². The Hall–Kier alpha value is -1.70. The molecule has 0 spiro atoms. The normalized spacial score (nSPS) is 12.3. The van der Waals surface area contributed by atoms with Gasteiger partial charge in [0.1, 0.15) is 0 Å². The number of hydrogen-bond donors (Lipinski definition) is 0. The fraction of sp³-hybridized carbons (Fsp3) is 0.545. The average Bonchev–Trinajstić information content (AvgIpc) is 2.74. The van der Waals surface area contributed by atoms with Crippen molar-refractivity contribution in [3.63, 3.8) is 0 Å². The summed E-state index contributed by atoms with van der Waals surface area (Å²) in [6.07, 6.45) is 4.23. The molecule has 0 N–H and O–H groups in total. The lowest BCUT2D eigenvalue weighted by Crippen LogP contribution is -2.37. The lowest BCUT2D eigenvalue weighted by Gasteiger charge is -2.30. The van der Waals surface area contributed by atoms with Gasteiger partial charge in [-0.15, -0.1) is 0 Å². The van der Waals surface area contributed by atoms with Gasteiger partial charge >= 0.3 is 0 Å². The number of pyridine rings is 1. The number of halogens is 1. The molecule has 0 saturated heterocycles. The fourth-order valence-electron chi connectivity index (χ4n) is 3.47. The van der Waals surface area contributed by atoms with Crippen LogP contribution in [-0.4, -0.2) is 53.1 Å². The zero-order valence-electron chi connectivity index (χ0n) is 18.0. The van der Waals surface area contributed by atoms with Gasteiger partial charge in [0.05, 0.1) is 17.7 Å². The second-order valence-corrected chi connectivity index (χ2v) is 8.68. The summed E-state index contributed by atoms with van der Waals surface area (Å²) >= 11 is 7.38. The molecule has 1 heterocycles. The first-order valence-electron chi connectivity index (χ1n) is 10.5. The highest BCUT2D eigenvalue weighted by molar-refractivity contribution is 8.13. The van der Waals surface area contributed by atoms with Crippen LogP contribution in [0, 0.1) is 4.91 Å². The number of anilines is 1. The van der Waals surface area contributed by atoms with Gasteiger partial charge in [-0.25, -0.2) is 0 Å². The second-order valence-electron chi connectivity index (χ2n) is 7.20. The van der Waals surface area contributed by atoms with Gasteiger partial charge < -0.3 is 4.90 Å². The summed E-state index contributed by atoms with van der Waals surface area (Å²) in [5.74, 6) is 0.572. The zero-order valence-corrected chi connectivity index (χ0v) is 19.6. The molecule has 6 nitrogen and oxygen atoms in total. The third-order valence-corrected chi connectivity index (χ3v) is 6.36. The van der Waals surface area contributed by atoms with Gasteiger partial charge in [-0.2, -0.15) is 4.91 Å². The number of carbonyl (C=O) groups is 1. The monoisotopic (exact) mass is 450 g/mol. The van der Waals surface area contributed by atoms with Crippen molar-refractivity contribution in [2.75, 3.05) is 36.8 Å². The van der Waals surface area contributed by atoms with Gasteiger partial charge in [0.25, 0.3) is 5.24 Å². The van der Waals surface area contributed by atoms with Crippen LogP contribution in [0.4, 0.5) is 10.5 Å². The van der Waals surface area contributed by atoms with Crippen molar-refractivity contribution in [2.24, 2.45) is 5.18 Å². The predicted molar refractivity (Wildman–Crippen MR) is 129 cm³/mol. The SMILES string of the molecule is CCN(CC)CCCC(C)N(C(=O)SCCCN=O)c1ccnc2cc(Cl)ccc12. The summed E-state index contributed by atoms with van der Waals surface area (Å²) < 4.78 is 0. The lowest BCUT2D eigenvalue weighted by atomic mass is 10.1. The summed E-state index contributed by atoms with van der Waals surface area (Å²) in [7, 11) is 0. The summed E-state index contributed by atoms with van der Waals surface area (Å²) in [5, 5.41) is 4.39.